The maximum atomic E-state index is 13.9. The lowest BCUT2D eigenvalue weighted by atomic mass is 9.99. The number of fused-ring (bicyclic) bond motifs is 1. The van der Waals surface area contributed by atoms with E-state index in [1.165, 1.54) is 28.8 Å². The van der Waals surface area contributed by atoms with Gasteiger partial charge in [0.15, 0.2) is 0 Å². The summed E-state index contributed by atoms with van der Waals surface area (Å²) in [5.74, 6) is -0.155. The molecule has 1 aromatic heterocycles. The van der Waals surface area contributed by atoms with Gasteiger partial charge in [0.2, 0.25) is 11.8 Å². The number of carbonyl (C=O) groups excluding carboxylic acids is 2. The van der Waals surface area contributed by atoms with E-state index in [0.29, 0.717) is 48.5 Å². The highest BCUT2D eigenvalue weighted by Crippen LogP contribution is 2.49. The topological polar surface area (TPSA) is 67.7 Å². The van der Waals surface area contributed by atoms with Crippen molar-refractivity contribution in [1.29, 1.82) is 0 Å². The molecule has 0 aliphatic carbocycles. The van der Waals surface area contributed by atoms with Crippen LogP contribution in [0.15, 0.2) is 78.9 Å². The molecule has 0 radical (unpaired) electrons. The highest BCUT2D eigenvalue weighted by Gasteiger charge is 2.38. The maximum absolute atomic E-state index is 13.9. The molecule has 0 bridgehead atoms. The van der Waals surface area contributed by atoms with Crippen LogP contribution in [0.4, 0.5) is 10.2 Å². The summed E-state index contributed by atoms with van der Waals surface area (Å²) >= 11 is 8.18. The molecule has 204 valence electrons. The van der Waals surface area contributed by atoms with E-state index >= 15 is 0 Å². The van der Waals surface area contributed by atoms with Crippen LogP contribution in [-0.2, 0) is 14.3 Å². The SMILES string of the molecule is O=C(CN1C(=O)CSC(c2ccccc2Cl)c2c(-c3ccccc3)nn(-c3ccc(F)cc3)c21)N1CCOCC1. The summed E-state index contributed by atoms with van der Waals surface area (Å²) in [5, 5.41) is 5.24. The number of amides is 2. The third-order valence-electron chi connectivity index (χ3n) is 7.05. The Morgan fingerprint density at radius 3 is 2.42 bits per heavy atom. The van der Waals surface area contributed by atoms with Crippen molar-refractivity contribution in [3.63, 3.8) is 0 Å². The van der Waals surface area contributed by atoms with Crippen LogP contribution < -0.4 is 4.90 Å². The Labute approximate surface area is 240 Å². The second kappa shape index (κ2) is 11.4. The molecule has 10 heteroatoms. The summed E-state index contributed by atoms with van der Waals surface area (Å²) in [6.07, 6.45) is 0. The predicted octanol–water partition coefficient (Wildman–Crippen LogP) is 5.36. The molecule has 2 aliphatic rings. The lowest BCUT2D eigenvalue weighted by molar-refractivity contribution is -0.134. The summed E-state index contributed by atoms with van der Waals surface area (Å²) in [5.41, 5.74) is 3.71. The summed E-state index contributed by atoms with van der Waals surface area (Å²) in [6.45, 7) is 1.71. The van der Waals surface area contributed by atoms with Crippen molar-refractivity contribution in [3.05, 3.63) is 101 Å². The van der Waals surface area contributed by atoms with Gasteiger partial charge in [-0.3, -0.25) is 14.5 Å². The quantitative estimate of drug-likeness (QED) is 0.320. The number of aromatic nitrogens is 2. The Morgan fingerprint density at radius 1 is 1.00 bits per heavy atom. The molecule has 2 amide bonds. The van der Waals surface area contributed by atoms with E-state index in [1.54, 1.807) is 21.7 Å². The Morgan fingerprint density at radius 2 is 1.70 bits per heavy atom. The minimum Gasteiger partial charge on any atom is -0.378 e. The average Bonchev–Trinajstić information content (AvgIpc) is 3.31. The summed E-state index contributed by atoms with van der Waals surface area (Å²) in [6, 6.07) is 23.2. The zero-order chi connectivity index (χ0) is 27.6. The first-order valence-electron chi connectivity index (χ1n) is 13.0. The first kappa shape index (κ1) is 26.6. The fraction of sp³-hybridized carbons (Fsp3) is 0.233. The van der Waals surface area contributed by atoms with E-state index in [0.717, 1.165) is 16.7 Å². The van der Waals surface area contributed by atoms with Gasteiger partial charge in [-0.15, -0.1) is 11.8 Å². The summed E-state index contributed by atoms with van der Waals surface area (Å²) in [4.78, 5) is 30.5. The Kier molecular flexibility index (Phi) is 7.60. The Balaban J connectivity index is 1.59. The third kappa shape index (κ3) is 5.12. The van der Waals surface area contributed by atoms with Crippen LogP contribution in [0.25, 0.3) is 16.9 Å². The van der Waals surface area contributed by atoms with Crippen molar-refractivity contribution in [3.8, 4) is 16.9 Å². The smallest absolute Gasteiger partial charge is 0.242 e. The summed E-state index contributed by atoms with van der Waals surface area (Å²) in [7, 11) is 0. The van der Waals surface area contributed by atoms with Crippen LogP contribution in [-0.4, -0.2) is 65.1 Å². The van der Waals surface area contributed by atoms with Gasteiger partial charge >= 0.3 is 0 Å². The van der Waals surface area contributed by atoms with Gasteiger partial charge in [-0.25, -0.2) is 9.07 Å². The molecule has 0 spiro atoms. The molecule has 40 heavy (non-hydrogen) atoms. The molecule has 1 unspecified atom stereocenters. The highest BCUT2D eigenvalue weighted by molar-refractivity contribution is 8.00. The van der Waals surface area contributed by atoms with Crippen LogP contribution >= 0.6 is 23.4 Å². The molecular formula is C30H26ClFN4O3S. The molecule has 1 fully saturated rings. The number of anilines is 1. The van der Waals surface area contributed by atoms with Gasteiger partial charge in [-0.1, -0.05) is 60.1 Å². The maximum Gasteiger partial charge on any atom is 0.242 e. The minimum absolute atomic E-state index is 0.138. The van der Waals surface area contributed by atoms with Crippen LogP contribution in [0.2, 0.25) is 5.02 Å². The molecule has 3 heterocycles. The van der Waals surface area contributed by atoms with Crippen molar-refractivity contribution in [2.24, 2.45) is 0 Å². The second-order valence-corrected chi connectivity index (χ2v) is 11.0. The van der Waals surface area contributed by atoms with Gasteiger partial charge in [0.25, 0.3) is 0 Å². The van der Waals surface area contributed by atoms with Gasteiger partial charge in [-0.2, -0.15) is 5.10 Å². The van der Waals surface area contributed by atoms with Gasteiger partial charge in [-0.05, 0) is 35.9 Å². The molecular weight excluding hydrogens is 551 g/mol. The third-order valence-corrected chi connectivity index (χ3v) is 8.63. The largest absolute Gasteiger partial charge is 0.378 e. The highest BCUT2D eigenvalue weighted by atomic mass is 35.5. The van der Waals surface area contributed by atoms with E-state index in [-0.39, 0.29) is 35.2 Å². The molecule has 2 aliphatic heterocycles. The number of hydrogen-bond donors (Lipinski definition) is 0. The molecule has 0 saturated carbocycles. The number of carbonyl (C=O) groups is 2. The first-order valence-corrected chi connectivity index (χ1v) is 14.4. The van der Waals surface area contributed by atoms with Gasteiger partial charge in [0.05, 0.1) is 35.6 Å². The number of rotatable bonds is 5. The van der Waals surface area contributed by atoms with Gasteiger partial charge < -0.3 is 9.64 Å². The number of benzene rings is 3. The number of thioether (sulfide) groups is 1. The van der Waals surface area contributed by atoms with Gasteiger partial charge in [0, 0.05) is 29.2 Å². The van der Waals surface area contributed by atoms with Crippen molar-refractivity contribution in [2.75, 3.05) is 43.5 Å². The zero-order valence-electron chi connectivity index (χ0n) is 21.5. The van der Waals surface area contributed by atoms with Crippen LogP contribution in [0, 0.1) is 5.82 Å². The molecule has 0 N–H and O–H groups in total. The molecule has 3 aromatic carbocycles. The van der Waals surface area contributed by atoms with E-state index < -0.39 is 0 Å². The van der Waals surface area contributed by atoms with Crippen molar-refractivity contribution in [1.82, 2.24) is 14.7 Å². The fourth-order valence-corrected chi connectivity index (χ4v) is 6.62. The predicted molar refractivity (Wildman–Crippen MR) is 154 cm³/mol. The van der Waals surface area contributed by atoms with Crippen molar-refractivity contribution in [2.45, 2.75) is 5.25 Å². The van der Waals surface area contributed by atoms with Crippen LogP contribution in [0.1, 0.15) is 16.4 Å². The Hall–Kier alpha value is -3.66. The zero-order valence-corrected chi connectivity index (χ0v) is 23.1. The average molecular weight is 577 g/mol. The normalized spacial score (nSPS) is 17.4. The molecule has 4 aromatic rings. The molecule has 7 nitrogen and oxygen atoms in total. The van der Waals surface area contributed by atoms with Gasteiger partial charge in [0.1, 0.15) is 18.2 Å². The lowest BCUT2D eigenvalue weighted by Crippen LogP contribution is -2.48. The summed E-state index contributed by atoms with van der Waals surface area (Å²) < 4.78 is 21.0. The standard InChI is InChI=1S/C30H26ClFN4O3S/c31-24-9-5-4-8-23(24)29-27-28(20-6-2-1-3-7-20)33-36(22-12-10-21(32)11-13-22)30(27)35(26(38)19-40-29)18-25(37)34-14-16-39-17-15-34/h1-13,29H,14-19H2. The Bertz CT molecular complexity index is 1540. The van der Waals surface area contributed by atoms with E-state index in [9.17, 15) is 14.0 Å². The second-order valence-electron chi connectivity index (χ2n) is 9.53. The number of halogens is 2. The molecule has 1 saturated heterocycles. The van der Waals surface area contributed by atoms with E-state index in [4.69, 9.17) is 21.4 Å². The molecule has 1 atom stereocenters. The first-order chi connectivity index (χ1) is 19.5. The number of morpholine rings is 1. The van der Waals surface area contributed by atoms with E-state index in [1.807, 2.05) is 54.6 Å². The minimum atomic E-state index is -0.384. The number of nitrogens with zero attached hydrogens (tertiary/aromatic N) is 4. The fourth-order valence-electron chi connectivity index (χ4n) is 5.07. The van der Waals surface area contributed by atoms with Crippen LogP contribution in [0.5, 0.6) is 0 Å². The monoisotopic (exact) mass is 576 g/mol. The van der Waals surface area contributed by atoms with Crippen LogP contribution in [0.3, 0.4) is 0 Å². The van der Waals surface area contributed by atoms with Crippen molar-refractivity contribution >= 4 is 41.0 Å². The van der Waals surface area contributed by atoms with Crippen molar-refractivity contribution < 1.29 is 18.7 Å². The lowest BCUT2D eigenvalue weighted by Gasteiger charge is -2.30. The number of ether oxygens (including phenoxy) is 1. The number of hydrogen-bond acceptors (Lipinski definition) is 5. The van der Waals surface area contributed by atoms with E-state index in [2.05, 4.69) is 0 Å². The molecule has 6 rings (SSSR count).